The summed E-state index contributed by atoms with van der Waals surface area (Å²) in [5.74, 6) is -0.808. The van der Waals surface area contributed by atoms with Crippen LogP contribution in [-0.4, -0.2) is 70.6 Å². The van der Waals surface area contributed by atoms with Crippen LogP contribution in [0.3, 0.4) is 0 Å². The third-order valence-corrected chi connectivity index (χ3v) is 14.6. The first-order chi connectivity index (χ1) is 27.0. The van der Waals surface area contributed by atoms with E-state index in [1.54, 1.807) is 13.1 Å². The third-order valence-electron chi connectivity index (χ3n) is 12.4. The van der Waals surface area contributed by atoms with Crippen molar-refractivity contribution in [3.63, 3.8) is 0 Å². The molecule has 2 amide bonds. The maximum atomic E-state index is 15.1. The molecule has 13 heteroatoms. The minimum absolute atomic E-state index is 0.0154. The van der Waals surface area contributed by atoms with Gasteiger partial charge in [0.2, 0.25) is 5.88 Å². The van der Waals surface area contributed by atoms with Crippen molar-refractivity contribution in [1.29, 1.82) is 0 Å². The van der Waals surface area contributed by atoms with Gasteiger partial charge in [-0.15, -0.1) is 16.0 Å². The quantitative estimate of drug-likeness (QED) is 0.251. The zero-order valence-corrected chi connectivity index (χ0v) is 34.7. The van der Waals surface area contributed by atoms with Crippen molar-refractivity contribution in [3.05, 3.63) is 88.1 Å². The summed E-state index contributed by atoms with van der Waals surface area (Å²) in [6, 6.07) is 12.0. The summed E-state index contributed by atoms with van der Waals surface area (Å²) in [5, 5.41) is 4.94. The van der Waals surface area contributed by atoms with Gasteiger partial charge in [-0.1, -0.05) is 43.2 Å². The van der Waals surface area contributed by atoms with E-state index in [1.165, 1.54) is 34.7 Å². The predicted molar refractivity (Wildman–Crippen MR) is 220 cm³/mol. The van der Waals surface area contributed by atoms with E-state index in [2.05, 4.69) is 37.8 Å². The Labute approximate surface area is 336 Å². The second kappa shape index (κ2) is 17.4. The van der Waals surface area contributed by atoms with Crippen LogP contribution in [0.25, 0.3) is 0 Å². The average Bonchev–Trinajstić information content (AvgIpc) is 3.74. The molecule has 1 saturated carbocycles. The van der Waals surface area contributed by atoms with Crippen LogP contribution in [-0.2, 0) is 45.8 Å². The Kier molecular flexibility index (Phi) is 12.6. The Bertz CT molecular complexity index is 2060. The van der Waals surface area contributed by atoms with Crippen LogP contribution in [0, 0.1) is 23.7 Å². The van der Waals surface area contributed by atoms with Crippen LogP contribution in [0.1, 0.15) is 95.7 Å². The van der Waals surface area contributed by atoms with Crippen molar-refractivity contribution in [2.45, 2.75) is 96.0 Å². The van der Waals surface area contributed by atoms with Crippen molar-refractivity contribution >= 4 is 39.0 Å². The number of hydrogen-bond acceptors (Lipinski definition) is 8. The number of carbonyl (C=O) groups is 2. The molecule has 11 nitrogen and oxygen atoms in total. The fourth-order valence-electron chi connectivity index (χ4n) is 9.53. The topological polar surface area (TPSA) is 124 Å². The van der Waals surface area contributed by atoms with Crippen molar-refractivity contribution in [2.24, 2.45) is 35.1 Å². The molecule has 1 N–H and O–H groups in total. The molecule has 1 saturated heterocycles. The highest BCUT2D eigenvalue weighted by Gasteiger charge is 2.45. The summed E-state index contributed by atoms with van der Waals surface area (Å²) in [4.78, 5) is 30.6. The Morgan fingerprint density at radius 2 is 1.86 bits per heavy atom. The molecule has 302 valence electrons. The Morgan fingerprint density at radius 1 is 1.07 bits per heavy atom. The van der Waals surface area contributed by atoms with Gasteiger partial charge in [0.25, 0.3) is 11.8 Å². The average molecular weight is 806 g/mol. The zero-order valence-electron chi connectivity index (χ0n) is 33.1. The summed E-state index contributed by atoms with van der Waals surface area (Å²) >= 11 is 6.54. The van der Waals surface area contributed by atoms with Gasteiger partial charge in [0.05, 0.1) is 31.2 Å². The highest BCUT2D eigenvalue weighted by Crippen LogP contribution is 2.45. The largest absolute Gasteiger partial charge is 0.479 e. The van der Waals surface area contributed by atoms with Gasteiger partial charge in [-0.25, -0.2) is 4.21 Å². The van der Waals surface area contributed by atoms with Gasteiger partial charge >= 0.3 is 0 Å². The van der Waals surface area contributed by atoms with Crippen molar-refractivity contribution < 1.29 is 28.0 Å². The van der Waals surface area contributed by atoms with Crippen LogP contribution in [0.2, 0.25) is 5.02 Å². The normalized spacial score (nSPS) is 29.7. The van der Waals surface area contributed by atoms with E-state index in [0.29, 0.717) is 30.4 Å². The van der Waals surface area contributed by atoms with Gasteiger partial charge in [-0.3, -0.25) is 19.0 Å². The number of benzene rings is 2. The molecule has 7 rings (SSSR count). The number of nitrogens with zero attached hydrogens (tertiary/aromatic N) is 4. The van der Waals surface area contributed by atoms with Crippen molar-refractivity contribution in [2.75, 3.05) is 31.4 Å². The highest BCUT2D eigenvalue weighted by atomic mass is 35.5. The number of nitrogens with one attached hydrogen (secondary N) is 1. The molecule has 4 aliphatic rings. The fraction of sp³-hybridized carbons (Fsp3) is 0.558. The van der Waals surface area contributed by atoms with Crippen LogP contribution < -0.4 is 14.4 Å². The standard InChI is InChI=1S/C43H56ClN5O6S/c1-6-10-35-20-33-22-39(53-4)36-18-16-32(36)24-49-23-31-15-17-34(44)19-29(31)12-9-7-8-11-28-13-14-30(21-38(28)49)41(50)46-56(52,26-27(2)40(33)55-35)47-42(51)37-25-48(3)45-43(37)54-5/h6,13-15,17,19,21,25,27,32-33,35-36,39-40H,1,7-12,16,18,20,22-24,26H2,2-5H3,(H,46,47,50,51,52)/t27-,32+,33-,35-,36-,39+,40-,56?/m1/s1. The molecule has 2 bridgehead atoms. The van der Waals surface area contributed by atoms with Gasteiger partial charge < -0.3 is 19.1 Å². The third kappa shape index (κ3) is 8.88. The number of hydrogen-bond donors (Lipinski definition) is 1. The van der Waals surface area contributed by atoms with Gasteiger partial charge in [-0.2, -0.15) is 0 Å². The summed E-state index contributed by atoms with van der Waals surface area (Å²) in [6.45, 7) is 7.40. The SMILES string of the molecule is C=CC[C@@H]1C[C@@H]2C[C@H](OC)[C@@H]3CC[C@H]3CN3Cc4ccc(Cl)cc4CCCCCc4ccc(cc43)C(=O)N=S(=O)(NC(=O)c3cn(C)nc3OC)C[C@@H](C)[C@H]2O1. The summed E-state index contributed by atoms with van der Waals surface area (Å²) in [5.41, 5.74) is 5.06. The number of halogens is 1. The molecule has 1 aliphatic carbocycles. The molecular weight excluding hydrogens is 750 g/mol. The highest BCUT2D eigenvalue weighted by molar-refractivity contribution is 7.92. The lowest BCUT2D eigenvalue weighted by atomic mass is 9.68. The molecule has 56 heavy (non-hydrogen) atoms. The van der Waals surface area contributed by atoms with Gasteiger partial charge in [0, 0.05) is 49.7 Å². The van der Waals surface area contributed by atoms with Gasteiger partial charge in [0.1, 0.15) is 15.5 Å². The van der Waals surface area contributed by atoms with E-state index < -0.39 is 21.7 Å². The maximum Gasteiger partial charge on any atom is 0.286 e. The molecule has 3 aromatic rings. The first-order valence-corrected chi connectivity index (χ1v) is 22.2. The van der Waals surface area contributed by atoms with Crippen molar-refractivity contribution in [3.8, 4) is 5.88 Å². The summed E-state index contributed by atoms with van der Waals surface area (Å²) in [7, 11) is 1.20. The minimum atomic E-state index is -3.70. The lowest BCUT2D eigenvalue weighted by Gasteiger charge is -2.45. The molecule has 2 fully saturated rings. The second-order valence-corrected chi connectivity index (χ2v) is 18.7. The Hall–Kier alpha value is -3.71. The Balaban J connectivity index is 1.35. The summed E-state index contributed by atoms with van der Waals surface area (Å²) in [6.07, 6.45) is 12.5. The number of anilines is 1. The number of carbonyl (C=O) groups excluding carboxylic acids is 2. The van der Waals surface area contributed by atoms with E-state index >= 15 is 4.21 Å². The van der Waals surface area contributed by atoms with E-state index in [9.17, 15) is 9.59 Å². The molecule has 0 radical (unpaired) electrons. The number of rotatable bonds is 6. The monoisotopic (exact) mass is 805 g/mol. The molecule has 2 aromatic carbocycles. The van der Waals surface area contributed by atoms with Crippen LogP contribution in [0.15, 0.2) is 59.6 Å². The van der Waals surface area contributed by atoms with E-state index in [0.717, 1.165) is 75.0 Å². The molecule has 8 atom stereocenters. The Morgan fingerprint density at radius 3 is 2.59 bits per heavy atom. The minimum Gasteiger partial charge on any atom is -0.479 e. The summed E-state index contributed by atoms with van der Waals surface area (Å²) < 4.78 is 42.1. The first kappa shape index (κ1) is 40.5. The number of aromatic nitrogens is 2. The number of aryl methyl sites for hydroxylation is 3. The van der Waals surface area contributed by atoms with E-state index in [4.69, 9.17) is 25.8 Å². The maximum absolute atomic E-state index is 15.1. The molecule has 3 aliphatic heterocycles. The van der Waals surface area contributed by atoms with Crippen LogP contribution in [0.5, 0.6) is 5.88 Å². The van der Waals surface area contributed by atoms with Crippen molar-refractivity contribution in [1.82, 2.24) is 14.5 Å². The molecule has 1 unspecified atom stereocenters. The first-order valence-electron chi connectivity index (χ1n) is 20.1. The number of methoxy groups -OCH3 is 2. The molecule has 4 heterocycles. The molecule has 0 spiro atoms. The molecular formula is C43H56ClN5O6S. The van der Waals surface area contributed by atoms with Crippen LogP contribution in [0.4, 0.5) is 5.69 Å². The van der Waals surface area contributed by atoms with Gasteiger partial charge in [0.15, 0.2) is 0 Å². The van der Waals surface area contributed by atoms with Crippen LogP contribution >= 0.6 is 11.6 Å². The zero-order chi connectivity index (χ0) is 39.6. The predicted octanol–water partition coefficient (Wildman–Crippen LogP) is 7.74. The number of fused-ring (bicyclic) bond motifs is 4. The fourth-order valence-corrected chi connectivity index (χ4v) is 11.6. The number of ether oxygens (including phenoxy) is 3. The van der Waals surface area contributed by atoms with E-state index in [1.807, 2.05) is 38.3 Å². The number of amides is 2. The second-order valence-electron chi connectivity index (χ2n) is 16.3. The van der Waals surface area contributed by atoms with Gasteiger partial charge in [-0.05, 0) is 122 Å². The lowest BCUT2D eigenvalue weighted by molar-refractivity contribution is -0.0439. The molecule has 1 aromatic heterocycles. The van der Waals surface area contributed by atoms with E-state index in [-0.39, 0.29) is 47.3 Å². The smallest absolute Gasteiger partial charge is 0.286 e. The lowest BCUT2D eigenvalue weighted by Crippen LogP contribution is -2.45.